The average Bonchev–Trinajstić information content (AvgIpc) is 3.12. The minimum absolute atomic E-state index is 0.0850. The van der Waals surface area contributed by atoms with E-state index in [2.05, 4.69) is 30.4 Å². The third kappa shape index (κ3) is 9.10. The van der Waals surface area contributed by atoms with Gasteiger partial charge in [0.1, 0.15) is 6.10 Å². The molecular weight excluding hydrogens is 524 g/mol. The highest BCUT2D eigenvalue weighted by atomic mass is 33.1. The molecule has 2 heterocycles. The minimum Gasteiger partial charge on any atom is -0.349 e. The minimum atomic E-state index is -1.72. The molecule has 1 aromatic heterocycles. The van der Waals surface area contributed by atoms with Crippen molar-refractivity contribution in [3.05, 3.63) is 33.1 Å². The quantitative estimate of drug-likeness (QED) is 0.159. The summed E-state index contributed by atoms with van der Waals surface area (Å²) < 4.78 is 45.2. The molecule has 0 spiro atoms. The molecule has 208 valence electrons. The van der Waals surface area contributed by atoms with Crippen molar-refractivity contribution in [2.45, 2.75) is 116 Å². The Bertz CT molecular complexity index is 930. The predicted octanol–water partition coefficient (Wildman–Crippen LogP) is 5.89. The maximum Gasteiger partial charge on any atom is 0.330 e. The second kappa shape index (κ2) is 14.7. The van der Waals surface area contributed by atoms with Crippen LogP contribution in [0.25, 0.3) is 0 Å². The first-order chi connectivity index (χ1) is 17.4. The molecule has 0 aromatic carbocycles. The molecule has 1 saturated heterocycles. The van der Waals surface area contributed by atoms with Crippen LogP contribution in [0, 0.1) is 0 Å². The number of nitrogens with zero attached hydrogens (tertiary/aromatic N) is 2. The Morgan fingerprint density at radius 3 is 2.58 bits per heavy atom. The van der Waals surface area contributed by atoms with Crippen molar-refractivity contribution in [3.8, 4) is 0 Å². The van der Waals surface area contributed by atoms with Crippen LogP contribution in [0.15, 0.2) is 21.9 Å². The third-order valence-electron chi connectivity index (χ3n) is 5.81. The highest BCUT2D eigenvalue weighted by Crippen LogP contribution is 2.50. The molecule has 1 aliphatic rings. The van der Waals surface area contributed by atoms with Gasteiger partial charge in [-0.05, 0) is 67.7 Å². The van der Waals surface area contributed by atoms with Crippen LogP contribution in [0.1, 0.15) is 82.2 Å². The van der Waals surface area contributed by atoms with E-state index in [-0.39, 0.29) is 23.7 Å². The van der Waals surface area contributed by atoms with Gasteiger partial charge in [-0.25, -0.2) is 13.9 Å². The highest BCUT2D eigenvalue weighted by molar-refractivity contribution is 8.77. The third-order valence-corrected chi connectivity index (χ3v) is 11.5. The van der Waals surface area contributed by atoms with Gasteiger partial charge in [-0.3, -0.25) is 14.3 Å². The number of ether oxygens (including phenoxy) is 1. The second-order valence-electron chi connectivity index (χ2n) is 9.96. The molecule has 2 rings (SSSR count). The number of alkyl halides is 1. The van der Waals surface area contributed by atoms with E-state index in [9.17, 15) is 9.59 Å². The van der Waals surface area contributed by atoms with Crippen molar-refractivity contribution in [2.75, 3.05) is 12.4 Å². The van der Waals surface area contributed by atoms with Crippen LogP contribution in [-0.2, 0) is 13.8 Å². The smallest absolute Gasteiger partial charge is 0.330 e. The molecule has 0 radical (unpaired) electrons. The fraction of sp³-hybridized carbons (Fsp3) is 0.833. The second-order valence-corrected chi connectivity index (χ2v) is 14.5. The fourth-order valence-corrected chi connectivity index (χ4v) is 8.13. The van der Waals surface area contributed by atoms with Crippen molar-refractivity contribution < 1.29 is 19.5 Å². The van der Waals surface area contributed by atoms with Crippen LogP contribution in [-0.4, -0.2) is 61.8 Å². The molecule has 8 nitrogen and oxygen atoms in total. The number of hydrogen-bond acceptors (Lipinski definition) is 8. The molecule has 5 unspecified atom stereocenters. The van der Waals surface area contributed by atoms with Crippen molar-refractivity contribution >= 4 is 30.1 Å². The summed E-state index contributed by atoms with van der Waals surface area (Å²) in [5, 5.41) is 0. The molecule has 0 aliphatic carbocycles. The summed E-state index contributed by atoms with van der Waals surface area (Å²) in [5.74, 6) is 1.02. The van der Waals surface area contributed by atoms with Crippen LogP contribution in [0.3, 0.4) is 0 Å². The first-order valence-corrected chi connectivity index (χ1v) is 16.0. The number of nitrogens with one attached hydrogen (secondary N) is 1. The zero-order valence-corrected chi connectivity index (χ0v) is 25.0. The molecule has 0 bridgehead atoms. The maximum absolute atomic E-state index is 15.7. The number of hydrogen-bond donors (Lipinski definition) is 1. The highest BCUT2D eigenvalue weighted by Gasteiger charge is 2.47. The summed E-state index contributed by atoms with van der Waals surface area (Å²) in [7, 11) is 2.14. The first-order valence-electron chi connectivity index (χ1n) is 13.2. The summed E-state index contributed by atoms with van der Waals surface area (Å²) in [5.41, 5.74) is -1.35. The largest absolute Gasteiger partial charge is 0.349 e. The molecule has 5 atom stereocenters. The average molecular weight is 569 g/mol. The Balaban J connectivity index is 2.08. The Hall–Kier alpha value is -0.420. The maximum atomic E-state index is 15.7. The fourth-order valence-electron chi connectivity index (χ4n) is 3.57. The lowest BCUT2D eigenvalue weighted by molar-refractivity contribution is -0.0180. The van der Waals surface area contributed by atoms with Crippen LogP contribution in [0.5, 0.6) is 0 Å². The first kappa shape index (κ1) is 30.1. The topological polar surface area (TPSA) is 85.8 Å². The lowest BCUT2D eigenvalue weighted by Gasteiger charge is -2.37. The summed E-state index contributed by atoms with van der Waals surface area (Å²) in [6.07, 6.45) is -0.821. The van der Waals surface area contributed by atoms with E-state index in [1.165, 1.54) is 6.20 Å². The Morgan fingerprint density at radius 1 is 1.31 bits per heavy atom. The standard InChI is InChI=1S/C24H43FN3O5PS2/c1-9-24(7,8)36-35-15-11-10-14-31-34(28(16(2)3)17(4)5)33-21-18(6)32-22(20(21)25)27-13-12-19(29)26-23(27)30/h12-13,16-18,20-22H,9-11,14-15H2,1-8H3,(H,26,29,30)/i6D. The number of unbranched alkanes of at least 4 members (excludes halogenated alkanes) is 1. The van der Waals surface area contributed by atoms with Crippen LogP contribution in [0.4, 0.5) is 4.39 Å². The van der Waals surface area contributed by atoms with Crippen molar-refractivity contribution in [2.24, 2.45) is 0 Å². The van der Waals surface area contributed by atoms with Crippen molar-refractivity contribution in [3.63, 3.8) is 0 Å². The lowest BCUT2D eigenvalue weighted by Crippen LogP contribution is -2.38. The molecule has 1 aliphatic heterocycles. The number of halogens is 1. The van der Waals surface area contributed by atoms with Gasteiger partial charge in [-0.1, -0.05) is 28.5 Å². The Morgan fingerprint density at radius 2 is 2.00 bits per heavy atom. The lowest BCUT2D eigenvalue weighted by atomic mass is 10.1. The number of rotatable bonds is 15. The van der Waals surface area contributed by atoms with E-state index in [1.807, 2.05) is 49.3 Å². The van der Waals surface area contributed by atoms with Gasteiger partial charge in [0.2, 0.25) is 0 Å². The molecule has 0 amide bonds. The molecule has 36 heavy (non-hydrogen) atoms. The number of aromatic nitrogens is 2. The van der Waals surface area contributed by atoms with Gasteiger partial charge in [0.05, 0.1) is 12.7 Å². The van der Waals surface area contributed by atoms with Crippen LogP contribution >= 0.6 is 30.1 Å². The van der Waals surface area contributed by atoms with Crippen molar-refractivity contribution in [1.82, 2.24) is 14.2 Å². The zero-order valence-electron chi connectivity index (χ0n) is 23.4. The van der Waals surface area contributed by atoms with E-state index in [1.54, 1.807) is 0 Å². The SMILES string of the molecule is [2H]CC1OC(n2ccc(=O)[nH]c2=O)C(F)C1OP(OCCCCSSC(C)(C)CC)N(C(C)C)C(C)C. The van der Waals surface area contributed by atoms with E-state index in [0.29, 0.717) is 6.61 Å². The number of H-pyrrole nitrogens is 1. The Labute approximate surface area is 225 Å². The molecule has 0 saturated carbocycles. The van der Waals surface area contributed by atoms with Gasteiger partial charge in [0, 0.05) is 36.2 Å². The normalized spacial score (nSPS) is 24.1. The molecule has 1 fully saturated rings. The molecule has 12 heteroatoms. The van der Waals surface area contributed by atoms with Crippen LogP contribution < -0.4 is 11.2 Å². The Kier molecular flexibility index (Phi) is 12.3. The molecule has 1 aromatic rings. The molecular formula is C24H43FN3O5PS2. The van der Waals surface area contributed by atoms with E-state index in [0.717, 1.165) is 35.6 Å². The van der Waals surface area contributed by atoms with E-state index in [4.69, 9.17) is 15.2 Å². The monoisotopic (exact) mass is 568 g/mol. The van der Waals surface area contributed by atoms with E-state index >= 15 is 4.39 Å². The van der Waals surface area contributed by atoms with Gasteiger partial charge in [0.25, 0.3) is 14.1 Å². The van der Waals surface area contributed by atoms with Gasteiger partial charge < -0.3 is 13.8 Å². The van der Waals surface area contributed by atoms with Gasteiger partial charge in [-0.2, -0.15) is 0 Å². The number of aromatic amines is 1. The zero-order chi connectivity index (χ0) is 27.8. The summed E-state index contributed by atoms with van der Waals surface area (Å²) in [6, 6.07) is 1.31. The van der Waals surface area contributed by atoms with E-state index < -0.39 is 44.4 Å². The predicted molar refractivity (Wildman–Crippen MR) is 149 cm³/mol. The van der Waals surface area contributed by atoms with Crippen LogP contribution in [0.2, 0.25) is 0 Å². The van der Waals surface area contributed by atoms with Crippen molar-refractivity contribution in [1.29, 1.82) is 0 Å². The van der Waals surface area contributed by atoms with Gasteiger partial charge in [0.15, 0.2) is 12.4 Å². The van der Waals surface area contributed by atoms with Gasteiger partial charge in [-0.15, -0.1) is 0 Å². The van der Waals surface area contributed by atoms with Gasteiger partial charge >= 0.3 is 5.69 Å². The summed E-state index contributed by atoms with van der Waals surface area (Å²) in [6.45, 7) is 15.1. The summed E-state index contributed by atoms with van der Waals surface area (Å²) >= 11 is 0. The molecule has 1 N–H and O–H groups in total. The summed E-state index contributed by atoms with van der Waals surface area (Å²) in [4.78, 5) is 25.8.